The fourth-order valence-corrected chi connectivity index (χ4v) is 7.32. The molecule has 2 atom stereocenters. The van der Waals surface area contributed by atoms with Gasteiger partial charge in [-0.3, -0.25) is 14.9 Å². The van der Waals surface area contributed by atoms with Gasteiger partial charge in [0.15, 0.2) is 0 Å². The first kappa shape index (κ1) is 22.1. The van der Waals surface area contributed by atoms with Crippen LogP contribution in [0.2, 0.25) is 0 Å². The number of aryl methyl sites for hydroxylation is 1. The zero-order valence-corrected chi connectivity index (χ0v) is 20.0. The third-order valence-corrected chi connectivity index (χ3v) is 8.47. The minimum absolute atomic E-state index is 0.0437. The van der Waals surface area contributed by atoms with Crippen LogP contribution in [0.15, 0.2) is 46.0 Å². The lowest BCUT2D eigenvalue weighted by molar-refractivity contribution is -0.385. The molecule has 0 aromatic heterocycles. The maximum Gasteiger partial charge on any atom is 0.271 e. The van der Waals surface area contributed by atoms with Crippen LogP contribution in [0, 0.1) is 34.3 Å². The van der Waals surface area contributed by atoms with Crippen LogP contribution in [0.4, 0.5) is 5.69 Å². The number of carbonyl (C=O) groups excluding carboxylic acids is 1. The summed E-state index contributed by atoms with van der Waals surface area (Å²) in [6.07, 6.45) is 7.33. The van der Waals surface area contributed by atoms with Gasteiger partial charge < -0.3 is 5.11 Å². The standard InChI is InChI=1S/C25H26BrN3O4/c1-15-2-4-19(5-3-15)24-9-16-6-17(10-24)12-25(11-16,14-24)23(31)28-27-13-18-7-20(29(32)33)8-21(26)22(18)30/h2-5,7-8,13,16-17,30H,6,9-12,14H2,1H3,(H,28,31)/b27-13+. The van der Waals surface area contributed by atoms with Crippen molar-refractivity contribution in [2.24, 2.45) is 22.4 Å². The molecule has 2 unspecified atom stereocenters. The number of aromatic hydroxyl groups is 1. The molecule has 4 aliphatic rings. The highest BCUT2D eigenvalue weighted by Crippen LogP contribution is 2.65. The number of nitro benzene ring substituents is 1. The third-order valence-electron chi connectivity index (χ3n) is 7.86. The van der Waals surface area contributed by atoms with Gasteiger partial charge in [0.05, 0.1) is 21.0 Å². The van der Waals surface area contributed by atoms with E-state index >= 15 is 0 Å². The normalized spacial score (nSPS) is 30.0. The van der Waals surface area contributed by atoms with Crippen molar-refractivity contribution >= 4 is 33.7 Å². The van der Waals surface area contributed by atoms with Crippen LogP contribution < -0.4 is 5.43 Å². The zero-order valence-electron chi connectivity index (χ0n) is 18.4. The molecule has 2 N–H and O–H groups in total. The van der Waals surface area contributed by atoms with E-state index in [-0.39, 0.29) is 32.8 Å². The maximum absolute atomic E-state index is 13.4. The number of phenols is 1. The van der Waals surface area contributed by atoms with Gasteiger partial charge in [-0.25, -0.2) is 5.43 Å². The molecule has 4 saturated carbocycles. The molecule has 33 heavy (non-hydrogen) atoms. The molecular weight excluding hydrogens is 486 g/mol. The fraction of sp³-hybridized carbons (Fsp3) is 0.440. The van der Waals surface area contributed by atoms with E-state index in [1.165, 1.54) is 35.9 Å². The van der Waals surface area contributed by atoms with Crippen LogP contribution in [0.5, 0.6) is 5.75 Å². The summed E-state index contributed by atoms with van der Waals surface area (Å²) in [7, 11) is 0. The van der Waals surface area contributed by atoms with Gasteiger partial charge in [-0.2, -0.15) is 5.10 Å². The minimum atomic E-state index is -0.542. The van der Waals surface area contributed by atoms with E-state index in [1.807, 2.05) is 0 Å². The number of benzene rings is 2. The summed E-state index contributed by atoms with van der Waals surface area (Å²) in [4.78, 5) is 24.0. The van der Waals surface area contributed by atoms with E-state index in [9.17, 15) is 20.0 Å². The molecule has 6 rings (SSSR count). The summed E-state index contributed by atoms with van der Waals surface area (Å²) < 4.78 is 0.200. The molecule has 4 aliphatic carbocycles. The Kier molecular flexibility index (Phi) is 5.31. The van der Waals surface area contributed by atoms with Gasteiger partial charge in [-0.15, -0.1) is 0 Å². The summed E-state index contributed by atoms with van der Waals surface area (Å²) in [6.45, 7) is 2.09. The van der Waals surface area contributed by atoms with Crippen molar-refractivity contribution in [2.45, 2.75) is 50.9 Å². The van der Waals surface area contributed by atoms with Crippen molar-refractivity contribution in [3.05, 3.63) is 67.7 Å². The van der Waals surface area contributed by atoms with Gasteiger partial charge >= 0.3 is 0 Å². The van der Waals surface area contributed by atoms with Crippen molar-refractivity contribution in [2.75, 3.05) is 0 Å². The number of hydrogen-bond donors (Lipinski definition) is 2. The number of amides is 1. The molecule has 4 fully saturated rings. The van der Waals surface area contributed by atoms with Crippen molar-refractivity contribution in [3.8, 4) is 5.75 Å². The van der Waals surface area contributed by atoms with Gasteiger partial charge in [0.1, 0.15) is 5.75 Å². The van der Waals surface area contributed by atoms with Crippen molar-refractivity contribution in [1.29, 1.82) is 0 Å². The van der Waals surface area contributed by atoms with Crippen molar-refractivity contribution in [3.63, 3.8) is 0 Å². The summed E-state index contributed by atoms with van der Waals surface area (Å²) in [6, 6.07) is 11.2. The summed E-state index contributed by atoms with van der Waals surface area (Å²) >= 11 is 3.12. The molecular formula is C25H26BrN3O4. The Morgan fingerprint density at radius 2 is 1.88 bits per heavy atom. The van der Waals surface area contributed by atoms with E-state index in [0.717, 1.165) is 32.1 Å². The number of nitro groups is 1. The second-order valence-electron chi connectivity index (χ2n) is 10.2. The maximum atomic E-state index is 13.4. The summed E-state index contributed by atoms with van der Waals surface area (Å²) in [5.74, 6) is 0.832. The molecule has 1 amide bonds. The topological polar surface area (TPSA) is 105 Å². The number of hydrogen-bond acceptors (Lipinski definition) is 5. The van der Waals surface area contributed by atoms with Crippen LogP contribution in [-0.4, -0.2) is 22.2 Å². The Labute approximate surface area is 200 Å². The number of carbonyl (C=O) groups is 1. The van der Waals surface area contributed by atoms with Crippen LogP contribution in [0.25, 0.3) is 0 Å². The number of hydrazone groups is 1. The van der Waals surface area contributed by atoms with Crippen LogP contribution in [-0.2, 0) is 10.2 Å². The molecule has 0 saturated heterocycles. The van der Waals surface area contributed by atoms with Crippen LogP contribution >= 0.6 is 15.9 Å². The predicted octanol–water partition coefficient (Wildman–Crippen LogP) is 5.36. The molecule has 2 aromatic rings. The lowest BCUT2D eigenvalue weighted by Gasteiger charge is -2.61. The molecule has 7 nitrogen and oxygen atoms in total. The van der Waals surface area contributed by atoms with E-state index in [0.29, 0.717) is 11.8 Å². The second-order valence-corrected chi connectivity index (χ2v) is 11.1. The predicted molar refractivity (Wildman–Crippen MR) is 128 cm³/mol. The molecule has 0 spiro atoms. The molecule has 0 aliphatic heterocycles. The SMILES string of the molecule is Cc1ccc(C23CC4CC(CC(C(=O)N/N=C/c5cc([N+](=O)[O-])cc(Br)c5O)(C4)C2)C3)cc1. The second kappa shape index (κ2) is 7.94. The smallest absolute Gasteiger partial charge is 0.271 e. The average molecular weight is 512 g/mol. The van der Waals surface area contributed by atoms with Gasteiger partial charge in [0.2, 0.25) is 5.91 Å². The van der Waals surface area contributed by atoms with Gasteiger partial charge in [-0.1, -0.05) is 29.8 Å². The molecule has 0 heterocycles. The zero-order chi connectivity index (χ0) is 23.4. The molecule has 4 bridgehead atoms. The van der Waals surface area contributed by atoms with Gasteiger partial charge in [0, 0.05) is 17.7 Å². The van der Waals surface area contributed by atoms with E-state index in [2.05, 4.69) is 57.6 Å². The number of nitrogens with one attached hydrogen (secondary N) is 1. The Bertz CT molecular complexity index is 1150. The Morgan fingerprint density at radius 1 is 1.21 bits per heavy atom. The minimum Gasteiger partial charge on any atom is -0.506 e. The first-order valence-electron chi connectivity index (χ1n) is 11.3. The number of halogens is 1. The summed E-state index contributed by atoms with van der Waals surface area (Å²) in [5, 5.41) is 25.4. The summed E-state index contributed by atoms with van der Waals surface area (Å²) in [5.41, 5.74) is 4.86. The first-order chi connectivity index (χ1) is 15.7. The molecule has 2 aromatic carbocycles. The van der Waals surface area contributed by atoms with Crippen LogP contribution in [0.3, 0.4) is 0 Å². The number of rotatable bonds is 5. The number of non-ortho nitro benzene ring substituents is 1. The highest BCUT2D eigenvalue weighted by Gasteiger charge is 2.60. The lowest BCUT2D eigenvalue weighted by atomic mass is 9.42. The molecule has 0 radical (unpaired) electrons. The fourth-order valence-electron chi connectivity index (χ4n) is 6.86. The molecule has 8 heteroatoms. The number of nitrogens with zero attached hydrogens (tertiary/aromatic N) is 2. The van der Waals surface area contributed by atoms with E-state index in [1.54, 1.807) is 0 Å². The third kappa shape index (κ3) is 3.84. The highest BCUT2D eigenvalue weighted by atomic mass is 79.9. The molecule has 172 valence electrons. The average Bonchev–Trinajstić information content (AvgIpc) is 2.75. The van der Waals surface area contributed by atoms with E-state index in [4.69, 9.17) is 0 Å². The first-order valence-corrected chi connectivity index (χ1v) is 12.1. The highest BCUT2D eigenvalue weighted by molar-refractivity contribution is 9.10. The largest absolute Gasteiger partial charge is 0.506 e. The number of phenolic OH excluding ortho intramolecular Hbond substituents is 1. The van der Waals surface area contributed by atoms with Crippen molar-refractivity contribution in [1.82, 2.24) is 5.43 Å². The van der Waals surface area contributed by atoms with Gasteiger partial charge in [0.25, 0.3) is 5.69 Å². The van der Waals surface area contributed by atoms with Gasteiger partial charge in [-0.05, 0) is 84.2 Å². The lowest BCUT2D eigenvalue weighted by Crippen LogP contribution is -2.58. The Morgan fingerprint density at radius 3 is 2.52 bits per heavy atom. The monoisotopic (exact) mass is 511 g/mol. The van der Waals surface area contributed by atoms with Crippen molar-refractivity contribution < 1.29 is 14.8 Å². The Hall–Kier alpha value is -2.74. The quantitative estimate of drug-likeness (QED) is 0.320. The van der Waals surface area contributed by atoms with E-state index < -0.39 is 10.3 Å². The van der Waals surface area contributed by atoms with Crippen LogP contribution in [0.1, 0.15) is 55.2 Å². The Balaban J connectivity index is 1.38.